The molecule has 4 rings (SSSR count). The Morgan fingerprint density at radius 1 is 1.00 bits per heavy atom. The third-order valence-corrected chi connectivity index (χ3v) is 6.55. The Bertz CT molecular complexity index is 890. The average molecular weight is 436 g/mol. The topological polar surface area (TPSA) is 69.6 Å². The number of piperazine rings is 1. The van der Waals surface area contributed by atoms with Gasteiger partial charge in [-0.05, 0) is 31.4 Å². The standard InChI is InChI=1S/C25H33N5O2/c1-2-3-14-30(25(32)21-10-7-11-21)19-24(31)29-17-15-28(16-18-29)23-13-12-22(26-27-23)20-8-5-4-6-9-20/h4-6,8-9,12-13,21H,2-3,7,10-11,14-19H2,1H3. The van der Waals surface area contributed by atoms with E-state index >= 15 is 0 Å². The van der Waals surface area contributed by atoms with Crippen molar-refractivity contribution in [3.63, 3.8) is 0 Å². The van der Waals surface area contributed by atoms with Crippen LogP contribution in [0.1, 0.15) is 39.0 Å². The lowest BCUT2D eigenvalue weighted by Crippen LogP contribution is -2.53. The van der Waals surface area contributed by atoms with Crippen molar-refractivity contribution in [3.05, 3.63) is 42.5 Å². The molecule has 1 saturated carbocycles. The van der Waals surface area contributed by atoms with Crippen molar-refractivity contribution in [1.82, 2.24) is 20.0 Å². The highest BCUT2D eigenvalue weighted by Gasteiger charge is 2.31. The summed E-state index contributed by atoms with van der Waals surface area (Å²) >= 11 is 0. The quantitative estimate of drug-likeness (QED) is 0.637. The number of rotatable bonds is 8. The van der Waals surface area contributed by atoms with Crippen LogP contribution in [-0.4, -0.2) is 71.1 Å². The van der Waals surface area contributed by atoms with Crippen LogP contribution in [0.2, 0.25) is 0 Å². The monoisotopic (exact) mass is 435 g/mol. The summed E-state index contributed by atoms with van der Waals surface area (Å²) in [6.07, 6.45) is 5.03. The van der Waals surface area contributed by atoms with Crippen molar-refractivity contribution in [2.45, 2.75) is 39.0 Å². The second-order valence-electron chi connectivity index (χ2n) is 8.75. The minimum Gasteiger partial charge on any atom is -0.352 e. The zero-order valence-electron chi connectivity index (χ0n) is 18.9. The maximum absolute atomic E-state index is 12.9. The maximum Gasteiger partial charge on any atom is 0.242 e. The molecular formula is C25H33N5O2. The molecule has 1 aliphatic heterocycles. The van der Waals surface area contributed by atoms with Crippen LogP contribution in [0.15, 0.2) is 42.5 Å². The second kappa shape index (κ2) is 10.6. The van der Waals surface area contributed by atoms with Gasteiger partial charge < -0.3 is 14.7 Å². The number of carbonyl (C=O) groups excluding carboxylic acids is 2. The van der Waals surface area contributed by atoms with E-state index in [9.17, 15) is 9.59 Å². The van der Waals surface area contributed by atoms with Crippen molar-refractivity contribution in [2.75, 3.05) is 44.2 Å². The number of aromatic nitrogens is 2. The number of benzene rings is 1. The summed E-state index contributed by atoms with van der Waals surface area (Å²) < 4.78 is 0. The molecule has 2 amide bonds. The smallest absolute Gasteiger partial charge is 0.242 e. The van der Waals surface area contributed by atoms with Crippen molar-refractivity contribution >= 4 is 17.6 Å². The molecule has 2 aromatic rings. The Labute approximate surface area is 190 Å². The van der Waals surface area contributed by atoms with Gasteiger partial charge >= 0.3 is 0 Å². The minimum absolute atomic E-state index is 0.0546. The minimum atomic E-state index is 0.0546. The van der Waals surface area contributed by atoms with E-state index in [1.54, 1.807) is 4.90 Å². The fourth-order valence-corrected chi connectivity index (χ4v) is 4.23. The van der Waals surface area contributed by atoms with Crippen LogP contribution >= 0.6 is 0 Å². The molecule has 170 valence electrons. The lowest BCUT2D eigenvalue weighted by Gasteiger charge is -2.37. The van der Waals surface area contributed by atoms with Crippen LogP contribution in [0.4, 0.5) is 5.82 Å². The molecule has 0 unspecified atom stereocenters. The Hall–Kier alpha value is -2.96. The molecule has 0 spiro atoms. The first-order chi connectivity index (χ1) is 15.7. The van der Waals surface area contributed by atoms with Crippen molar-refractivity contribution in [1.29, 1.82) is 0 Å². The number of hydrogen-bond donors (Lipinski definition) is 0. The van der Waals surface area contributed by atoms with Gasteiger partial charge in [0.1, 0.15) is 0 Å². The van der Waals surface area contributed by atoms with E-state index in [1.807, 2.05) is 47.4 Å². The zero-order chi connectivity index (χ0) is 22.3. The Balaban J connectivity index is 1.30. The summed E-state index contributed by atoms with van der Waals surface area (Å²) in [5.41, 5.74) is 1.90. The van der Waals surface area contributed by atoms with E-state index in [0.717, 1.165) is 62.3 Å². The molecule has 1 aliphatic carbocycles. The van der Waals surface area contributed by atoms with Crippen LogP contribution in [0.25, 0.3) is 11.3 Å². The molecule has 0 N–H and O–H groups in total. The number of nitrogens with zero attached hydrogens (tertiary/aromatic N) is 5. The number of hydrogen-bond acceptors (Lipinski definition) is 5. The van der Waals surface area contributed by atoms with E-state index in [-0.39, 0.29) is 24.3 Å². The predicted molar refractivity (Wildman–Crippen MR) is 125 cm³/mol. The largest absolute Gasteiger partial charge is 0.352 e. The first kappa shape index (κ1) is 22.2. The fraction of sp³-hybridized carbons (Fsp3) is 0.520. The Kier molecular flexibility index (Phi) is 7.35. The van der Waals surface area contributed by atoms with Crippen molar-refractivity contribution in [2.24, 2.45) is 5.92 Å². The molecule has 2 fully saturated rings. The van der Waals surface area contributed by atoms with Gasteiger partial charge in [0.05, 0.1) is 12.2 Å². The summed E-state index contributed by atoms with van der Waals surface area (Å²) in [6, 6.07) is 14.0. The van der Waals surface area contributed by atoms with Crippen LogP contribution < -0.4 is 4.90 Å². The van der Waals surface area contributed by atoms with Gasteiger partial charge in [-0.25, -0.2) is 0 Å². The third kappa shape index (κ3) is 5.26. The SMILES string of the molecule is CCCCN(CC(=O)N1CCN(c2ccc(-c3ccccc3)nn2)CC1)C(=O)C1CCC1. The van der Waals surface area contributed by atoms with Gasteiger partial charge in [-0.1, -0.05) is 50.1 Å². The van der Waals surface area contributed by atoms with E-state index in [0.29, 0.717) is 19.6 Å². The molecule has 7 heteroatoms. The number of carbonyl (C=O) groups is 2. The number of unbranched alkanes of at least 4 members (excludes halogenated alkanes) is 1. The first-order valence-corrected chi connectivity index (χ1v) is 11.9. The van der Waals surface area contributed by atoms with E-state index in [2.05, 4.69) is 22.0 Å². The molecule has 7 nitrogen and oxygen atoms in total. The molecule has 2 heterocycles. The zero-order valence-corrected chi connectivity index (χ0v) is 18.9. The molecule has 32 heavy (non-hydrogen) atoms. The van der Waals surface area contributed by atoms with Crippen LogP contribution in [-0.2, 0) is 9.59 Å². The molecule has 0 atom stereocenters. The van der Waals surface area contributed by atoms with Gasteiger partial charge in [0.2, 0.25) is 11.8 Å². The summed E-state index contributed by atoms with van der Waals surface area (Å²) in [7, 11) is 0. The van der Waals surface area contributed by atoms with Gasteiger partial charge in [-0.15, -0.1) is 10.2 Å². The second-order valence-corrected chi connectivity index (χ2v) is 8.75. The number of amides is 2. The van der Waals surface area contributed by atoms with Gasteiger partial charge in [0.25, 0.3) is 0 Å². The molecule has 0 radical (unpaired) electrons. The summed E-state index contributed by atoms with van der Waals surface area (Å²) in [6.45, 7) is 5.72. The molecule has 1 aromatic carbocycles. The highest BCUT2D eigenvalue weighted by molar-refractivity contribution is 5.86. The maximum atomic E-state index is 12.9. The van der Waals surface area contributed by atoms with E-state index < -0.39 is 0 Å². The van der Waals surface area contributed by atoms with Crippen LogP contribution in [0.3, 0.4) is 0 Å². The van der Waals surface area contributed by atoms with Crippen LogP contribution in [0, 0.1) is 5.92 Å². The molecule has 2 aliphatic rings. The highest BCUT2D eigenvalue weighted by Crippen LogP contribution is 2.28. The highest BCUT2D eigenvalue weighted by atomic mass is 16.2. The van der Waals surface area contributed by atoms with Crippen molar-refractivity contribution in [3.8, 4) is 11.3 Å². The van der Waals surface area contributed by atoms with E-state index in [4.69, 9.17) is 0 Å². The Morgan fingerprint density at radius 2 is 1.75 bits per heavy atom. The number of anilines is 1. The van der Waals surface area contributed by atoms with Gasteiger partial charge in [-0.3, -0.25) is 9.59 Å². The van der Waals surface area contributed by atoms with Crippen LogP contribution in [0.5, 0.6) is 0 Å². The molecule has 0 bridgehead atoms. The summed E-state index contributed by atoms with van der Waals surface area (Å²) in [4.78, 5) is 31.5. The fourth-order valence-electron chi connectivity index (χ4n) is 4.23. The lowest BCUT2D eigenvalue weighted by atomic mass is 9.84. The summed E-state index contributed by atoms with van der Waals surface area (Å²) in [5.74, 6) is 1.19. The van der Waals surface area contributed by atoms with E-state index in [1.165, 1.54) is 0 Å². The Morgan fingerprint density at radius 3 is 2.34 bits per heavy atom. The summed E-state index contributed by atoms with van der Waals surface area (Å²) in [5, 5.41) is 8.79. The molecule has 1 saturated heterocycles. The normalized spacial score (nSPS) is 16.5. The lowest BCUT2D eigenvalue weighted by molar-refractivity contribution is -0.144. The van der Waals surface area contributed by atoms with Crippen molar-refractivity contribution < 1.29 is 9.59 Å². The van der Waals surface area contributed by atoms with Gasteiger partial charge in [-0.2, -0.15) is 0 Å². The molecular weight excluding hydrogens is 402 g/mol. The van der Waals surface area contributed by atoms with Gasteiger partial charge in [0.15, 0.2) is 5.82 Å². The predicted octanol–water partition coefficient (Wildman–Crippen LogP) is 3.22. The molecule has 1 aromatic heterocycles. The van der Waals surface area contributed by atoms with Gasteiger partial charge in [0, 0.05) is 44.2 Å². The first-order valence-electron chi connectivity index (χ1n) is 11.9. The average Bonchev–Trinajstić information content (AvgIpc) is 2.81. The third-order valence-electron chi connectivity index (χ3n) is 6.55.